The second-order valence-corrected chi connectivity index (χ2v) is 8.68. The Hall–Kier alpha value is -3.12. The van der Waals surface area contributed by atoms with E-state index in [4.69, 9.17) is 0 Å². The third-order valence-corrected chi connectivity index (χ3v) is 6.20. The number of rotatable bonds is 6. The Morgan fingerprint density at radius 2 is 1.55 bits per heavy atom. The maximum absolute atomic E-state index is 13.0. The monoisotopic (exact) mass is 408 g/mol. The molecule has 3 rings (SSSR count). The summed E-state index contributed by atoms with van der Waals surface area (Å²) in [5, 5.41) is 2.93. The molecule has 0 aromatic heterocycles. The first-order valence-corrected chi connectivity index (χ1v) is 10.8. The zero-order valence-electron chi connectivity index (χ0n) is 16.6. The maximum atomic E-state index is 13.0. The van der Waals surface area contributed by atoms with Crippen LogP contribution in [0.3, 0.4) is 0 Å². The second kappa shape index (κ2) is 8.49. The minimum absolute atomic E-state index is 0.199. The molecule has 6 heteroatoms. The zero-order chi connectivity index (χ0) is 21.0. The molecule has 0 bridgehead atoms. The number of anilines is 1. The summed E-state index contributed by atoms with van der Waals surface area (Å²) < 4.78 is 28.5. The van der Waals surface area contributed by atoms with Crippen LogP contribution in [0.5, 0.6) is 0 Å². The lowest BCUT2D eigenvalue weighted by Gasteiger charge is -2.17. The lowest BCUT2D eigenvalue weighted by molar-refractivity contribution is 0.0941. The molecule has 3 aromatic carbocycles. The topological polar surface area (TPSA) is 75.3 Å². The fourth-order valence-corrected chi connectivity index (χ4v) is 4.48. The summed E-state index contributed by atoms with van der Waals surface area (Å²) in [5.41, 5.74) is 2.96. The number of hydrogen-bond acceptors (Lipinski definition) is 3. The van der Waals surface area contributed by atoms with Crippen molar-refractivity contribution in [2.24, 2.45) is 0 Å². The van der Waals surface area contributed by atoms with Crippen LogP contribution < -0.4 is 10.0 Å². The van der Waals surface area contributed by atoms with Gasteiger partial charge in [0.1, 0.15) is 0 Å². The van der Waals surface area contributed by atoms with Crippen molar-refractivity contribution in [3.63, 3.8) is 0 Å². The van der Waals surface area contributed by atoms with Crippen molar-refractivity contribution >= 4 is 21.6 Å². The van der Waals surface area contributed by atoms with E-state index in [0.29, 0.717) is 5.56 Å². The summed E-state index contributed by atoms with van der Waals surface area (Å²) in [7, 11) is -3.83. The van der Waals surface area contributed by atoms with Crippen LogP contribution in [0, 0.1) is 13.8 Å². The molecule has 0 fully saturated rings. The summed E-state index contributed by atoms with van der Waals surface area (Å²) >= 11 is 0. The minimum atomic E-state index is -3.83. The highest BCUT2D eigenvalue weighted by Gasteiger charge is 2.21. The van der Waals surface area contributed by atoms with Gasteiger partial charge in [-0.25, -0.2) is 8.42 Å². The number of nitrogens with one attached hydrogen (secondary N) is 2. The van der Waals surface area contributed by atoms with Crippen LogP contribution in [0.2, 0.25) is 0 Å². The van der Waals surface area contributed by atoms with E-state index in [9.17, 15) is 13.2 Å². The van der Waals surface area contributed by atoms with Crippen LogP contribution >= 0.6 is 0 Å². The van der Waals surface area contributed by atoms with Crippen molar-refractivity contribution in [2.75, 3.05) is 4.72 Å². The number of hydrogen-bond donors (Lipinski definition) is 2. The van der Waals surface area contributed by atoms with Crippen LogP contribution in [0.15, 0.2) is 77.7 Å². The summed E-state index contributed by atoms with van der Waals surface area (Å²) in [6, 6.07) is 21.2. The summed E-state index contributed by atoms with van der Waals surface area (Å²) in [6.07, 6.45) is 0. The number of aryl methyl sites for hydroxylation is 2. The number of carbonyl (C=O) groups excluding carboxylic acids is 1. The van der Waals surface area contributed by atoms with Gasteiger partial charge >= 0.3 is 0 Å². The maximum Gasteiger partial charge on any atom is 0.262 e. The van der Waals surface area contributed by atoms with Crippen LogP contribution in [-0.2, 0) is 10.0 Å². The van der Waals surface area contributed by atoms with Gasteiger partial charge in [0.2, 0.25) is 0 Å². The van der Waals surface area contributed by atoms with Gasteiger partial charge in [0, 0.05) is 0 Å². The summed E-state index contributed by atoms with van der Waals surface area (Å²) in [5.74, 6) is -0.347. The third kappa shape index (κ3) is 4.84. The summed E-state index contributed by atoms with van der Waals surface area (Å²) in [6.45, 7) is 5.47. The van der Waals surface area contributed by atoms with Crippen LogP contribution in [0.25, 0.3) is 0 Å². The first-order chi connectivity index (χ1) is 13.8. The van der Waals surface area contributed by atoms with Crippen molar-refractivity contribution < 1.29 is 13.2 Å². The highest BCUT2D eigenvalue weighted by atomic mass is 32.2. The van der Waals surface area contributed by atoms with Crippen molar-refractivity contribution in [3.8, 4) is 0 Å². The van der Waals surface area contributed by atoms with E-state index >= 15 is 0 Å². The molecule has 2 N–H and O–H groups in total. The second-order valence-electron chi connectivity index (χ2n) is 7.03. The Bertz CT molecular complexity index is 1130. The number of para-hydroxylation sites is 1. The molecule has 0 aliphatic carbocycles. The van der Waals surface area contributed by atoms with E-state index in [1.807, 2.05) is 50.2 Å². The molecule has 1 amide bonds. The zero-order valence-corrected chi connectivity index (χ0v) is 17.5. The first-order valence-electron chi connectivity index (χ1n) is 9.33. The Kier molecular flexibility index (Phi) is 6.03. The number of benzene rings is 3. The number of sulfonamides is 1. The molecule has 29 heavy (non-hydrogen) atoms. The molecule has 0 spiro atoms. The lowest BCUT2D eigenvalue weighted by atomic mass is 10.1. The van der Waals surface area contributed by atoms with Crippen molar-refractivity contribution in [1.29, 1.82) is 0 Å². The molecule has 150 valence electrons. The quantitative estimate of drug-likeness (QED) is 0.626. The van der Waals surface area contributed by atoms with Crippen LogP contribution in [0.4, 0.5) is 5.69 Å². The Morgan fingerprint density at radius 3 is 2.28 bits per heavy atom. The summed E-state index contributed by atoms with van der Waals surface area (Å²) in [4.78, 5) is 13.0. The molecule has 0 heterocycles. The van der Waals surface area contributed by atoms with Gasteiger partial charge in [-0.2, -0.15) is 0 Å². The van der Waals surface area contributed by atoms with Crippen LogP contribution in [0.1, 0.15) is 40.0 Å². The highest BCUT2D eigenvalue weighted by molar-refractivity contribution is 7.92. The van der Waals surface area contributed by atoms with Crippen molar-refractivity contribution in [2.45, 2.75) is 31.7 Å². The van der Waals surface area contributed by atoms with Crippen molar-refractivity contribution in [1.82, 2.24) is 5.32 Å². The molecule has 0 unspecified atom stereocenters. The third-order valence-electron chi connectivity index (χ3n) is 4.70. The first kappa shape index (κ1) is 20.6. The van der Waals surface area contributed by atoms with E-state index in [0.717, 1.165) is 11.1 Å². The van der Waals surface area contributed by atoms with Crippen molar-refractivity contribution in [3.05, 3.63) is 95.1 Å². The molecular formula is C23H24N2O3S. The predicted octanol–water partition coefficient (Wildman–Crippen LogP) is 4.60. The van der Waals surface area contributed by atoms with E-state index in [2.05, 4.69) is 10.0 Å². The lowest BCUT2D eigenvalue weighted by Crippen LogP contribution is -2.28. The SMILES string of the molecule is Cc1ccc(C)c(S(=O)(=O)Nc2ccccc2C(=O)N[C@@H](C)c2ccccc2)c1. The van der Waals surface area contributed by atoms with E-state index in [-0.39, 0.29) is 28.1 Å². The molecular weight excluding hydrogens is 384 g/mol. The van der Waals surface area contributed by atoms with Gasteiger partial charge in [0.15, 0.2) is 0 Å². The fraction of sp³-hybridized carbons (Fsp3) is 0.174. The molecule has 0 saturated carbocycles. The van der Waals surface area contributed by atoms with Gasteiger partial charge in [-0.05, 0) is 55.7 Å². The molecule has 1 atom stereocenters. The highest BCUT2D eigenvalue weighted by Crippen LogP contribution is 2.24. The average molecular weight is 409 g/mol. The van der Waals surface area contributed by atoms with Gasteiger partial charge in [-0.15, -0.1) is 0 Å². The fourth-order valence-electron chi connectivity index (χ4n) is 3.07. The molecule has 0 saturated heterocycles. The Morgan fingerprint density at radius 1 is 0.897 bits per heavy atom. The Labute approximate surface area is 171 Å². The molecule has 5 nitrogen and oxygen atoms in total. The molecule has 0 radical (unpaired) electrons. The predicted molar refractivity (Wildman–Crippen MR) is 115 cm³/mol. The minimum Gasteiger partial charge on any atom is -0.345 e. The van der Waals surface area contributed by atoms with Gasteiger partial charge in [-0.3, -0.25) is 9.52 Å². The van der Waals surface area contributed by atoms with Gasteiger partial charge in [0.05, 0.1) is 22.2 Å². The largest absolute Gasteiger partial charge is 0.345 e. The van der Waals surface area contributed by atoms with E-state index in [1.165, 1.54) is 0 Å². The normalized spacial score (nSPS) is 12.2. The molecule has 3 aromatic rings. The van der Waals surface area contributed by atoms with Gasteiger partial charge in [-0.1, -0.05) is 54.6 Å². The van der Waals surface area contributed by atoms with Gasteiger partial charge < -0.3 is 5.32 Å². The smallest absolute Gasteiger partial charge is 0.262 e. The number of amides is 1. The molecule has 0 aliphatic rings. The standard InChI is InChI=1S/C23H24N2O3S/c1-16-13-14-17(2)22(15-16)29(27,28)25-21-12-8-7-11-20(21)23(26)24-18(3)19-9-5-4-6-10-19/h4-15,18,25H,1-3H3,(H,24,26)/t18-/m0/s1. The molecule has 0 aliphatic heterocycles. The Balaban J connectivity index is 1.87. The average Bonchev–Trinajstić information content (AvgIpc) is 2.70. The number of carbonyl (C=O) groups is 1. The van der Waals surface area contributed by atoms with Gasteiger partial charge in [0.25, 0.3) is 15.9 Å². The van der Waals surface area contributed by atoms with Crippen LogP contribution in [-0.4, -0.2) is 14.3 Å². The van der Waals surface area contributed by atoms with E-state index < -0.39 is 10.0 Å². The van der Waals surface area contributed by atoms with E-state index in [1.54, 1.807) is 43.3 Å².